The Kier molecular flexibility index (Phi) is 2.04. The summed E-state index contributed by atoms with van der Waals surface area (Å²) in [6, 6.07) is 0. The fraction of sp³-hybridized carbons (Fsp3) is 0. The van der Waals surface area contributed by atoms with E-state index >= 15 is 0 Å². The van der Waals surface area contributed by atoms with E-state index in [-0.39, 0.29) is 5.69 Å². The number of carboxylic acids is 1. The molecule has 2 N–H and O–H groups in total. The summed E-state index contributed by atoms with van der Waals surface area (Å²) in [6.45, 7) is 0. The molecule has 0 saturated heterocycles. The lowest BCUT2D eigenvalue weighted by molar-refractivity contribution is -0.131. The van der Waals surface area contributed by atoms with Crippen LogP contribution in [0, 0.1) is 0 Å². The van der Waals surface area contributed by atoms with Crippen LogP contribution in [0.15, 0.2) is 10.7 Å². The van der Waals surface area contributed by atoms with Gasteiger partial charge in [-0.15, -0.1) is 0 Å². The number of aromatic nitrogens is 2. The summed E-state index contributed by atoms with van der Waals surface area (Å²) in [5.74, 6) is -2.51. The van der Waals surface area contributed by atoms with Crippen molar-refractivity contribution in [3.63, 3.8) is 0 Å². The summed E-state index contributed by atoms with van der Waals surface area (Å²) in [5, 5.41) is 14.0. The van der Waals surface area contributed by atoms with Gasteiger partial charge in [0, 0.05) is 0 Å². The van der Waals surface area contributed by atoms with E-state index in [0.717, 1.165) is 0 Å². The number of carbonyl (C=O) groups excluding carboxylic acids is 1. The lowest BCUT2D eigenvalue weighted by Crippen LogP contribution is -2.13. The smallest absolute Gasteiger partial charge is 0.378 e. The molecule has 0 bridgehead atoms. The molecule has 0 aromatic carbocycles. The number of carbonyl (C=O) groups is 2. The van der Waals surface area contributed by atoms with Crippen molar-refractivity contribution in [2.45, 2.75) is 0 Å². The van der Waals surface area contributed by atoms with Crippen molar-refractivity contribution in [1.82, 2.24) is 10.2 Å². The molecule has 0 saturated carbocycles. The normalized spacial score (nSPS) is 9.55. The Morgan fingerprint density at radius 1 is 1.64 bits per heavy atom. The first-order valence-corrected chi connectivity index (χ1v) is 3.38. The van der Waals surface area contributed by atoms with E-state index in [2.05, 4.69) is 26.1 Å². The van der Waals surface area contributed by atoms with Crippen molar-refractivity contribution < 1.29 is 14.7 Å². The Morgan fingerprint density at radius 3 is 2.64 bits per heavy atom. The SMILES string of the molecule is O=C(O)C(=O)c1[nH]ncc1Br. The molecule has 1 aromatic rings. The predicted molar refractivity (Wildman–Crippen MR) is 38.3 cm³/mol. The third-order valence-corrected chi connectivity index (χ3v) is 1.62. The first kappa shape index (κ1) is 7.93. The zero-order valence-electron chi connectivity index (χ0n) is 5.17. The third-order valence-electron chi connectivity index (χ3n) is 1.01. The van der Waals surface area contributed by atoms with Crippen LogP contribution in [0.2, 0.25) is 0 Å². The zero-order valence-corrected chi connectivity index (χ0v) is 6.75. The highest BCUT2D eigenvalue weighted by atomic mass is 79.9. The van der Waals surface area contributed by atoms with Crippen LogP contribution in [0.4, 0.5) is 0 Å². The van der Waals surface area contributed by atoms with Crippen LogP contribution in [0.25, 0.3) is 0 Å². The van der Waals surface area contributed by atoms with Crippen molar-refractivity contribution in [2.24, 2.45) is 0 Å². The highest BCUT2D eigenvalue weighted by Gasteiger charge is 2.18. The topological polar surface area (TPSA) is 83.0 Å². The molecule has 58 valence electrons. The number of aromatic amines is 1. The number of hydrogen-bond acceptors (Lipinski definition) is 3. The minimum atomic E-state index is -1.50. The van der Waals surface area contributed by atoms with Crippen LogP contribution in [-0.4, -0.2) is 27.1 Å². The lowest BCUT2D eigenvalue weighted by atomic mass is 10.3. The molecule has 6 heteroatoms. The van der Waals surface area contributed by atoms with E-state index in [1.165, 1.54) is 6.20 Å². The average molecular weight is 219 g/mol. The van der Waals surface area contributed by atoms with Gasteiger partial charge >= 0.3 is 5.97 Å². The van der Waals surface area contributed by atoms with Gasteiger partial charge in [-0.3, -0.25) is 9.89 Å². The number of Topliss-reactive ketones (excluding diaryl/α,β-unsaturated/α-hetero) is 1. The van der Waals surface area contributed by atoms with Gasteiger partial charge in [-0.05, 0) is 15.9 Å². The number of H-pyrrole nitrogens is 1. The van der Waals surface area contributed by atoms with E-state index in [0.29, 0.717) is 4.47 Å². The van der Waals surface area contributed by atoms with Crippen LogP contribution in [0.5, 0.6) is 0 Å². The number of carboxylic acid groups (broad SMARTS) is 1. The van der Waals surface area contributed by atoms with Gasteiger partial charge in [-0.1, -0.05) is 0 Å². The van der Waals surface area contributed by atoms with Gasteiger partial charge in [0.2, 0.25) is 0 Å². The number of nitrogens with zero attached hydrogens (tertiary/aromatic N) is 1. The van der Waals surface area contributed by atoms with Crippen LogP contribution in [-0.2, 0) is 4.79 Å². The largest absolute Gasteiger partial charge is 0.475 e. The second kappa shape index (κ2) is 2.83. The van der Waals surface area contributed by atoms with E-state index in [1.54, 1.807) is 0 Å². The fourth-order valence-electron chi connectivity index (χ4n) is 0.538. The standard InChI is InChI=1S/C5H3BrN2O3/c6-2-1-7-8-3(2)4(9)5(10)11/h1H,(H,7,8)(H,10,11). The highest BCUT2D eigenvalue weighted by molar-refractivity contribution is 9.10. The molecular weight excluding hydrogens is 216 g/mol. The summed E-state index contributed by atoms with van der Waals surface area (Å²) >= 11 is 2.96. The summed E-state index contributed by atoms with van der Waals surface area (Å²) in [7, 11) is 0. The second-order valence-corrected chi connectivity index (χ2v) is 2.58. The first-order valence-electron chi connectivity index (χ1n) is 2.59. The number of nitrogens with one attached hydrogen (secondary N) is 1. The molecule has 0 aliphatic rings. The van der Waals surface area contributed by atoms with Crippen molar-refractivity contribution in [3.8, 4) is 0 Å². The number of halogens is 1. The predicted octanol–water partition coefficient (Wildman–Crippen LogP) is 0.439. The minimum absolute atomic E-state index is 0.0440. The quantitative estimate of drug-likeness (QED) is 0.558. The first-order chi connectivity index (χ1) is 5.13. The lowest BCUT2D eigenvalue weighted by Gasteiger charge is -1.88. The van der Waals surface area contributed by atoms with Crippen molar-refractivity contribution in [2.75, 3.05) is 0 Å². The maximum atomic E-state index is 10.7. The molecule has 0 spiro atoms. The molecule has 0 aliphatic heterocycles. The Labute approximate surface area is 69.5 Å². The maximum absolute atomic E-state index is 10.7. The summed E-state index contributed by atoms with van der Waals surface area (Å²) in [6.07, 6.45) is 1.32. The van der Waals surface area contributed by atoms with E-state index < -0.39 is 11.8 Å². The molecular formula is C5H3BrN2O3. The number of rotatable bonds is 2. The molecule has 1 rings (SSSR count). The molecule has 0 fully saturated rings. The third kappa shape index (κ3) is 1.45. The molecule has 5 nitrogen and oxygen atoms in total. The van der Waals surface area contributed by atoms with Gasteiger partial charge in [-0.25, -0.2) is 4.79 Å². The summed E-state index contributed by atoms with van der Waals surface area (Å²) in [4.78, 5) is 20.9. The van der Waals surface area contributed by atoms with Gasteiger partial charge in [-0.2, -0.15) is 5.10 Å². The zero-order chi connectivity index (χ0) is 8.43. The molecule has 0 atom stereocenters. The van der Waals surface area contributed by atoms with Crippen molar-refractivity contribution >= 4 is 27.7 Å². The van der Waals surface area contributed by atoms with Gasteiger partial charge in [0.15, 0.2) is 0 Å². The number of ketones is 1. The van der Waals surface area contributed by atoms with Crippen molar-refractivity contribution in [3.05, 3.63) is 16.4 Å². The highest BCUT2D eigenvalue weighted by Crippen LogP contribution is 2.12. The number of hydrogen-bond donors (Lipinski definition) is 2. The van der Waals surface area contributed by atoms with Gasteiger partial charge in [0.1, 0.15) is 5.69 Å². The van der Waals surface area contributed by atoms with Gasteiger partial charge in [0.05, 0.1) is 10.7 Å². The Balaban J connectivity index is 3.02. The molecule has 0 unspecified atom stereocenters. The van der Waals surface area contributed by atoms with Crippen molar-refractivity contribution in [1.29, 1.82) is 0 Å². The maximum Gasteiger partial charge on any atom is 0.378 e. The summed E-state index contributed by atoms with van der Waals surface area (Å²) < 4.78 is 0.352. The molecule has 11 heavy (non-hydrogen) atoms. The van der Waals surface area contributed by atoms with Gasteiger partial charge < -0.3 is 5.11 Å². The summed E-state index contributed by atoms with van der Waals surface area (Å²) in [5.41, 5.74) is -0.0440. The van der Waals surface area contributed by atoms with E-state index in [4.69, 9.17) is 5.11 Å². The molecule has 1 heterocycles. The van der Waals surface area contributed by atoms with E-state index in [9.17, 15) is 9.59 Å². The molecule has 0 amide bonds. The van der Waals surface area contributed by atoms with Gasteiger partial charge in [0.25, 0.3) is 5.78 Å². The van der Waals surface area contributed by atoms with Crippen LogP contribution in [0.1, 0.15) is 10.5 Å². The average Bonchev–Trinajstić information content (AvgIpc) is 2.33. The van der Waals surface area contributed by atoms with E-state index in [1.807, 2.05) is 0 Å². The Hall–Kier alpha value is -1.17. The Bertz CT molecular complexity index is 306. The van der Waals surface area contributed by atoms with Crippen LogP contribution < -0.4 is 0 Å². The Morgan fingerprint density at radius 2 is 2.27 bits per heavy atom. The molecule has 0 aliphatic carbocycles. The molecule has 1 aromatic heterocycles. The van der Waals surface area contributed by atoms with Crippen LogP contribution >= 0.6 is 15.9 Å². The molecule has 0 radical (unpaired) electrons. The fourth-order valence-corrected chi connectivity index (χ4v) is 0.909. The van der Waals surface area contributed by atoms with Crippen LogP contribution in [0.3, 0.4) is 0 Å². The second-order valence-electron chi connectivity index (χ2n) is 1.73. The number of aliphatic carboxylic acids is 1. The minimum Gasteiger partial charge on any atom is -0.475 e. The monoisotopic (exact) mass is 218 g/mol.